The zero-order valence-corrected chi connectivity index (χ0v) is 17.7. The number of anilines is 1. The van der Waals surface area contributed by atoms with Crippen LogP contribution in [0.3, 0.4) is 0 Å². The van der Waals surface area contributed by atoms with Gasteiger partial charge in [-0.25, -0.2) is 4.98 Å². The Balaban J connectivity index is 1.49. The van der Waals surface area contributed by atoms with Crippen LogP contribution < -0.4 is 4.90 Å². The standard InChI is InChI=1S/C23H26N4OS/c1-25(17-19-7-3-4-8-21(19)26-14-5-6-15-26)22(28)18-9-11-20(12-10-18)27-16-13-24-23(27)29-2/h3-4,7-13,16H,5-6,14-15,17H2,1-2H3. The lowest BCUT2D eigenvalue weighted by atomic mass is 10.1. The Morgan fingerprint density at radius 1 is 1.10 bits per heavy atom. The van der Waals surface area contributed by atoms with Gasteiger partial charge in [-0.1, -0.05) is 30.0 Å². The molecule has 0 atom stereocenters. The van der Waals surface area contributed by atoms with Crippen LogP contribution in [-0.4, -0.2) is 46.8 Å². The zero-order chi connectivity index (χ0) is 20.2. The first-order chi connectivity index (χ1) is 14.2. The molecule has 5 nitrogen and oxygen atoms in total. The van der Waals surface area contributed by atoms with Crippen molar-refractivity contribution < 1.29 is 4.79 Å². The number of rotatable bonds is 6. The summed E-state index contributed by atoms with van der Waals surface area (Å²) in [6.45, 7) is 2.80. The predicted octanol–water partition coefficient (Wildman–Crippen LogP) is 4.47. The van der Waals surface area contributed by atoms with Gasteiger partial charge >= 0.3 is 0 Å². The van der Waals surface area contributed by atoms with Crippen molar-refractivity contribution in [1.29, 1.82) is 0 Å². The minimum absolute atomic E-state index is 0.0310. The summed E-state index contributed by atoms with van der Waals surface area (Å²) in [4.78, 5) is 21.6. The Bertz CT molecular complexity index is 977. The van der Waals surface area contributed by atoms with Gasteiger partial charge in [0.2, 0.25) is 0 Å². The molecule has 0 N–H and O–H groups in total. The summed E-state index contributed by atoms with van der Waals surface area (Å²) in [5.41, 5.74) is 4.15. The highest BCUT2D eigenvalue weighted by Crippen LogP contribution is 2.26. The fourth-order valence-electron chi connectivity index (χ4n) is 3.86. The molecular weight excluding hydrogens is 380 g/mol. The molecule has 0 saturated carbocycles. The van der Waals surface area contributed by atoms with Gasteiger partial charge in [0.05, 0.1) is 0 Å². The number of imidazole rings is 1. The molecule has 3 aromatic rings. The minimum atomic E-state index is 0.0310. The smallest absolute Gasteiger partial charge is 0.253 e. The van der Waals surface area contributed by atoms with Crippen LogP contribution in [0.5, 0.6) is 0 Å². The Kier molecular flexibility index (Phi) is 5.90. The maximum atomic E-state index is 13.0. The van der Waals surface area contributed by atoms with E-state index >= 15 is 0 Å². The second-order valence-electron chi connectivity index (χ2n) is 7.31. The van der Waals surface area contributed by atoms with Gasteiger partial charge in [-0.3, -0.25) is 9.36 Å². The largest absolute Gasteiger partial charge is 0.371 e. The average molecular weight is 407 g/mol. The Morgan fingerprint density at radius 3 is 2.55 bits per heavy atom. The highest BCUT2D eigenvalue weighted by molar-refractivity contribution is 7.98. The summed E-state index contributed by atoms with van der Waals surface area (Å²) in [6.07, 6.45) is 8.21. The third-order valence-corrected chi connectivity index (χ3v) is 6.04. The number of nitrogens with zero attached hydrogens (tertiary/aromatic N) is 4. The van der Waals surface area contributed by atoms with Gasteiger partial charge in [0.15, 0.2) is 5.16 Å². The SMILES string of the molecule is CSc1nccn1-c1ccc(C(=O)N(C)Cc2ccccc2N2CCCC2)cc1. The predicted molar refractivity (Wildman–Crippen MR) is 119 cm³/mol. The fourth-order valence-corrected chi connectivity index (χ4v) is 4.39. The Morgan fingerprint density at radius 2 is 1.83 bits per heavy atom. The minimum Gasteiger partial charge on any atom is -0.371 e. The highest BCUT2D eigenvalue weighted by Gasteiger charge is 2.18. The van der Waals surface area contributed by atoms with E-state index in [1.807, 2.05) is 48.3 Å². The van der Waals surface area contributed by atoms with Gasteiger partial charge in [-0.15, -0.1) is 0 Å². The van der Waals surface area contributed by atoms with Crippen molar-refractivity contribution in [2.24, 2.45) is 0 Å². The number of amides is 1. The first kappa shape index (κ1) is 19.6. The number of hydrogen-bond donors (Lipinski definition) is 0. The molecule has 1 aliphatic rings. The number of benzene rings is 2. The van der Waals surface area contributed by atoms with Crippen LogP contribution in [0.2, 0.25) is 0 Å². The van der Waals surface area contributed by atoms with Crippen LogP contribution in [0, 0.1) is 0 Å². The first-order valence-electron chi connectivity index (χ1n) is 9.93. The monoisotopic (exact) mass is 406 g/mol. The van der Waals surface area contributed by atoms with E-state index in [0.29, 0.717) is 12.1 Å². The maximum absolute atomic E-state index is 13.0. The average Bonchev–Trinajstić information content (AvgIpc) is 3.45. The van der Waals surface area contributed by atoms with Gasteiger partial charge in [0, 0.05) is 56.0 Å². The fraction of sp³-hybridized carbons (Fsp3) is 0.304. The lowest BCUT2D eigenvalue weighted by Gasteiger charge is -2.24. The molecular formula is C23H26N4OS. The van der Waals surface area contributed by atoms with Gasteiger partial charge in [0.25, 0.3) is 5.91 Å². The van der Waals surface area contributed by atoms with Crippen molar-refractivity contribution in [1.82, 2.24) is 14.5 Å². The van der Waals surface area contributed by atoms with Crippen molar-refractivity contribution >= 4 is 23.4 Å². The molecule has 29 heavy (non-hydrogen) atoms. The topological polar surface area (TPSA) is 41.4 Å². The van der Waals surface area contributed by atoms with Gasteiger partial charge < -0.3 is 9.80 Å². The van der Waals surface area contributed by atoms with E-state index in [-0.39, 0.29) is 5.91 Å². The molecule has 1 aliphatic heterocycles. The van der Waals surface area contributed by atoms with Gasteiger partial charge in [-0.05, 0) is 55.0 Å². The van der Waals surface area contributed by atoms with Crippen molar-refractivity contribution in [3.63, 3.8) is 0 Å². The van der Waals surface area contributed by atoms with Crippen LogP contribution in [0.1, 0.15) is 28.8 Å². The summed E-state index contributed by atoms with van der Waals surface area (Å²) in [7, 11) is 1.87. The quantitative estimate of drug-likeness (QED) is 0.567. The molecule has 0 radical (unpaired) electrons. The van der Waals surface area contributed by atoms with Crippen molar-refractivity contribution in [2.45, 2.75) is 24.5 Å². The van der Waals surface area contributed by atoms with Crippen LogP contribution in [0.25, 0.3) is 5.69 Å². The van der Waals surface area contributed by atoms with Gasteiger partial charge in [0.1, 0.15) is 0 Å². The van der Waals surface area contributed by atoms with Crippen LogP contribution in [0.15, 0.2) is 66.1 Å². The highest BCUT2D eigenvalue weighted by atomic mass is 32.2. The number of carbonyl (C=O) groups is 1. The summed E-state index contributed by atoms with van der Waals surface area (Å²) < 4.78 is 2.02. The molecule has 1 saturated heterocycles. The molecule has 0 bridgehead atoms. The molecule has 0 unspecified atom stereocenters. The summed E-state index contributed by atoms with van der Waals surface area (Å²) >= 11 is 1.60. The van der Waals surface area contributed by atoms with Crippen molar-refractivity contribution in [2.75, 3.05) is 31.3 Å². The molecule has 0 spiro atoms. The lowest BCUT2D eigenvalue weighted by Crippen LogP contribution is -2.28. The van der Waals surface area contributed by atoms with E-state index in [1.54, 1.807) is 22.9 Å². The molecule has 0 aliphatic carbocycles. The summed E-state index contributed by atoms with van der Waals surface area (Å²) in [6, 6.07) is 16.2. The van der Waals surface area contributed by atoms with E-state index in [1.165, 1.54) is 24.1 Å². The molecule has 2 aromatic carbocycles. The number of hydrogen-bond acceptors (Lipinski definition) is 4. The maximum Gasteiger partial charge on any atom is 0.253 e. The normalized spacial score (nSPS) is 13.7. The number of carbonyl (C=O) groups excluding carboxylic acids is 1. The van der Waals surface area contributed by atoms with Crippen LogP contribution in [-0.2, 0) is 6.54 Å². The second-order valence-corrected chi connectivity index (χ2v) is 8.09. The molecule has 150 valence electrons. The molecule has 1 fully saturated rings. The van der Waals surface area contributed by atoms with Crippen molar-refractivity contribution in [3.05, 3.63) is 72.1 Å². The Labute approximate surface area is 176 Å². The summed E-state index contributed by atoms with van der Waals surface area (Å²) in [5, 5.41) is 0.930. The van der Waals surface area contributed by atoms with Crippen LogP contribution >= 0.6 is 11.8 Å². The van der Waals surface area contributed by atoms with Gasteiger partial charge in [-0.2, -0.15) is 0 Å². The van der Waals surface area contributed by atoms with Crippen LogP contribution in [0.4, 0.5) is 5.69 Å². The lowest BCUT2D eigenvalue weighted by molar-refractivity contribution is 0.0785. The summed E-state index contributed by atoms with van der Waals surface area (Å²) in [5.74, 6) is 0.0310. The molecule has 1 aromatic heterocycles. The molecule has 4 rings (SSSR count). The first-order valence-corrected chi connectivity index (χ1v) is 11.2. The van der Waals surface area contributed by atoms with E-state index in [2.05, 4.69) is 34.1 Å². The van der Waals surface area contributed by atoms with E-state index in [4.69, 9.17) is 0 Å². The molecule has 6 heteroatoms. The van der Waals surface area contributed by atoms with E-state index in [0.717, 1.165) is 23.9 Å². The molecule has 2 heterocycles. The number of para-hydroxylation sites is 1. The molecule has 1 amide bonds. The number of aromatic nitrogens is 2. The third kappa shape index (κ3) is 4.17. The number of thioether (sulfide) groups is 1. The van der Waals surface area contributed by atoms with E-state index in [9.17, 15) is 4.79 Å². The second kappa shape index (κ2) is 8.74. The zero-order valence-electron chi connectivity index (χ0n) is 16.9. The third-order valence-electron chi connectivity index (χ3n) is 5.37. The van der Waals surface area contributed by atoms with E-state index < -0.39 is 0 Å². The van der Waals surface area contributed by atoms with Crippen molar-refractivity contribution in [3.8, 4) is 5.69 Å². The Hall–Kier alpha value is -2.73.